The highest BCUT2D eigenvalue weighted by Gasteiger charge is 2.16. The first kappa shape index (κ1) is 31.4. The maximum atomic E-state index is 11.0. The molecule has 0 amide bonds. The summed E-state index contributed by atoms with van der Waals surface area (Å²) in [5, 5.41) is 29.3. The number of rotatable bonds is 10. The van der Waals surface area contributed by atoms with E-state index in [-0.39, 0.29) is 17.1 Å². The highest BCUT2D eigenvalue weighted by atomic mass is 16.3. The van der Waals surface area contributed by atoms with Gasteiger partial charge in [-0.2, -0.15) is 0 Å². The van der Waals surface area contributed by atoms with Crippen LogP contribution in [-0.2, 0) is 6.42 Å². The summed E-state index contributed by atoms with van der Waals surface area (Å²) < 4.78 is 0. The van der Waals surface area contributed by atoms with Crippen molar-refractivity contribution in [1.82, 2.24) is 0 Å². The Morgan fingerprint density at radius 2 is 1.53 bits per heavy atom. The zero-order valence-corrected chi connectivity index (χ0v) is 21.0. The van der Waals surface area contributed by atoms with Gasteiger partial charge in [0.15, 0.2) is 17.8 Å². The van der Waals surface area contributed by atoms with E-state index in [0.29, 0.717) is 24.2 Å². The van der Waals surface area contributed by atoms with Gasteiger partial charge in [0, 0.05) is 0 Å². The number of carbonyl (C=O) groups excluding carboxylic acids is 1. The minimum absolute atomic E-state index is 0.238. The largest absolute Gasteiger partial charge is 0.507 e. The molecule has 0 bridgehead atoms. The summed E-state index contributed by atoms with van der Waals surface area (Å²) in [6.45, 7) is 22.1. The second-order valence-corrected chi connectivity index (χ2v) is 8.58. The van der Waals surface area contributed by atoms with Crippen LogP contribution in [0, 0.1) is 5.92 Å². The third kappa shape index (κ3) is 14.3. The molecule has 4 heteroatoms. The van der Waals surface area contributed by atoms with E-state index in [1.54, 1.807) is 0 Å². The Balaban J connectivity index is 0. The van der Waals surface area contributed by atoms with E-state index in [9.17, 15) is 20.1 Å². The first-order chi connectivity index (χ1) is 15.0. The van der Waals surface area contributed by atoms with Gasteiger partial charge in [-0.05, 0) is 90.7 Å². The third-order valence-electron chi connectivity index (χ3n) is 4.64. The van der Waals surface area contributed by atoms with Gasteiger partial charge in [0.2, 0.25) is 0 Å². The van der Waals surface area contributed by atoms with Gasteiger partial charge >= 0.3 is 0 Å². The predicted molar refractivity (Wildman–Crippen MR) is 138 cm³/mol. The quantitative estimate of drug-likeness (QED) is 0.148. The average Bonchev–Trinajstić information content (AvgIpc) is 2.71. The first-order valence-corrected chi connectivity index (χ1v) is 11.1. The summed E-state index contributed by atoms with van der Waals surface area (Å²) in [5.74, 6) is -0.727. The summed E-state index contributed by atoms with van der Waals surface area (Å²) in [7, 11) is 0. The molecule has 3 N–H and O–H groups in total. The summed E-state index contributed by atoms with van der Waals surface area (Å²) in [5.41, 5.74) is 4.17. The van der Waals surface area contributed by atoms with Crippen molar-refractivity contribution in [2.24, 2.45) is 5.92 Å². The highest BCUT2D eigenvalue weighted by Crippen LogP contribution is 2.38. The van der Waals surface area contributed by atoms with E-state index in [0.717, 1.165) is 32.1 Å². The van der Waals surface area contributed by atoms with E-state index in [4.69, 9.17) is 0 Å². The number of allylic oxidation sites excluding steroid dienone is 5. The van der Waals surface area contributed by atoms with Crippen molar-refractivity contribution in [3.8, 4) is 17.2 Å². The normalized spacial score (nSPS) is 11.2. The van der Waals surface area contributed by atoms with Crippen LogP contribution >= 0.6 is 0 Å². The first-order valence-electron chi connectivity index (χ1n) is 11.1. The minimum atomic E-state index is -0.567. The smallest absolute Gasteiger partial charge is 0.171 e. The lowest BCUT2D eigenvalue weighted by molar-refractivity contribution is 0.111. The van der Waals surface area contributed by atoms with E-state index in [2.05, 4.69) is 59.6 Å². The van der Waals surface area contributed by atoms with Crippen LogP contribution in [0.5, 0.6) is 17.2 Å². The van der Waals surface area contributed by atoms with Crippen LogP contribution in [0.25, 0.3) is 0 Å². The van der Waals surface area contributed by atoms with Crippen LogP contribution in [-0.4, -0.2) is 21.6 Å². The number of aldehydes is 1. The van der Waals surface area contributed by atoms with Crippen molar-refractivity contribution in [2.45, 2.75) is 80.1 Å². The monoisotopic (exact) mass is 444 g/mol. The molecule has 0 saturated carbocycles. The lowest BCUT2D eigenvalue weighted by Gasteiger charge is -2.13. The van der Waals surface area contributed by atoms with Crippen molar-refractivity contribution >= 4 is 6.29 Å². The topological polar surface area (TPSA) is 77.8 Å². The second-order valence-electron chi connectivity index (χ2n) is 8.58. The molecule has 0 heterocycles. The number of carbonyl (C=O) groups is 1. The molecule has 0 radical (unpaired) electrons. The fourth-order valence-electron chi connectivity index (χ4n) is 2.88. The summed E-state index contributed by atoms with van der Waals surface area (Å²) in [4.78, 5) is 11.0. The van der Waals surface area contributed by atoms with Gasteiger partial charge in [-0.3, -0.25) is 4.79 Å². The molecule has 0 saturated heterocycles. The van der Waals surface area contributed by atoms with E-state index >= 15 is 0 Å². The SMILES string of the molecule is C=C.C=C(C)C.CC(C)=CCC/C(C)=C/CCC(C)CCc1cc(O)c(O)c(C=O)c1O. The molecule has 1 unspecified atom stereocenters. The number of benzene rings is 1. The van der Waals surface area contributed by atoms with Gasteiger partial charge < -0.3 is 15.3 Å². The standard InChI is InChI=1S/C22H32O4.C4H8.C2H4/c1-15(2)7-5-8-16(3)9-6-10-17(4)11-12-18-13-20(24)22(26)19(14-23)21(18)25;1-4(2)3;1-2/h7,9,13-14,17,24-26H,5-6,8,10-12H2,1-4H3;1H2,2-3H3;1-2H2/b16-9+;;. The number of hydrogen-bond acceptors (Lipinski definition) is 4. The van der Waals surface area contributed by atoms with Crippen LogP contribution in [0.4, 0.5) is 0 Å². The molecule has 0 aliphatic heterocycles. The average molecular weight is 445 g/mol. The van der Waals surface area contributed by atoms with Gasteiger partial charge in [-0.1, -0.05) is 35.8 Å². The maximum absolute atomic E-state index is 11.0. The highest BCUT2D eigenvalue weighted by molar-refractivity contribution is 5.86. The molecule has 32 heavy (non-hydrogen) atoms. The predicted octanol–water partition coefficient (Wildman–Crippen LogP) is 8.04. The number of aryl methyl sites for hydroxylation is 1. The molecular formula is C28H44O4. The molecule has 1 aromatic carbocycles. The number of phenolic OH excluding ortho intramolecular Hbond substituents is 3. The Labute approximate surface area is 195 Å². The zero-order valence-electron chi connectivity index (χ0n) is 21.0. The molecule has 0 aromatic heterocycles. The van der Waals surface area contributed by atoms with E-state index in [1.165, 1.54) is 22.8 Å². The molecule has 0 aliphatic carbocycles. The Morgan fingerprint density at radius 1 is 0.969 bits per heavy atom. The van der Waals surface area contributed by atoms with Crippen molar-refractivity contribution in [2.75, 3.05) is 0 Å². The lowest BCUT2D eigenvalue weighted by Crippen LogP contribution is -1.99. The maximum Gasteiger partial charge on any atom is 0.171 e. The summed E-state index contributed by atoms with van der Waals surface area (Å²) >= 11 is 0. The van der Waals surface area contributed by atoms with Crippen molar-refractivity contribution in [1.29, 1.82) is 0 Å². The molecular weight excluding hydrogens is 400 g/mol. The number of phenols is 3. The van der Waals surface area contributed by atoms with Gasteiger partial charge in [0.1, 0.15) is 11.3 Å². The summed E-state index contributed by atoms with van der Waals surface area (Å²) in [6, 6.07) is 1.33. The second kappa shape index (κ2) is 17.9. The Morgan fingerprint density at radius 3 is 2.03 bits per heavy atom. The zero-order chi connectivity index (χ0) is 25.3. The Bertz CT molecular complexity index is 764. The molecule has 0 fully saturated rings. The van der Waals surface area contributed by atoms with Crippen molar-refractivity contribution in [3.63, 3.8) is 0 Å². The summed E-state index contributed by atoms with van der Waals surface area (Å²) in [6.07, 6.45) is 10.5. The van der Waals surface area contributed by atoms with Gasteiger partial charge in [0.05, 0.1) is 0 Å². The number of hydrogen-bond donors (Lipinski definition) is 3. The third-order valence-corrected chi connectivity index (χ3v) is 4.64. The lowest BCUT2D eigenvalue weighted by atomic mass is 9.94. The Kier molecular flexibility index (Phi) is 17.6. The molecule has 0 aliphatic rings. The molecule has 0 spiro atoms. The van der Waals surface area contributed by atoms with Gasteiger partial charge in [-0.25, -0.2) is 0 Å². The van der Waals surface area contributed by atoms with Crippen LogP contribution in [0.2, 0.25) is 0 Å². The van der Waals surface area contributed by atoms with E-state index < -0.39 is 5.75 Å². The van der Waals surface area contributed by atoms with Crippen LogP contribution in [0.1, 0.15) is 89.6 Å². The fraction of sp³-hybridized carbons (Fsp3) is 0.464. The molecule has 180 valence electrons. The number of aromatic hydroxyl groups is 3. The van der Waals surface area contributed by atoms with Crippen molar-refractivity contribution < 1.29 is 20.1 Å². The van der Waals surface area contributed by atoms with Crippen molar-refractivity contribution in [3.05, 3.63) is 65.8 Å². The van der Waals surface area contributed by atoms with Crippen LogP contribution in [0.15, 0.2) is 54.7 Å². The molecule has 1 atom stereocenters. The van der Waals surface area contributed by atoms with Crippen LogP contribution in [0.3, 0.4) is 0 Å². The molecule has 1 aromatic rings. The Hall–Kier alpha value is -2.75. The van der Waals surface area contributed by atoms with E-state index in [1.807, 2.05) is 13.8 Å². The molecule has 1 rings (SSSR count). The fourth-order valence-corrected chi connectivity index (χ4v) is 2.88. The van der Waals surface area contributed by atoms with Gasteiger partial charge in [0.25, 0.3) is 0 Å². The van der Waals surface area contributed by atoms with Crippen LogP contribution < -0.4 is 0 Å². The minimum Gasteiger partial charge on any atom is -0.507 e. The molecule has 4 nitrogen and oxygen atoms in total. The van der Waals surface area contributed by atoms with Gasteiger partial charge in [-0.15, -0.1) is 19.7 Å².